The maximum absolute atomic E-state index is 12.4. The molecule has 1 saturated heterocycles. The molecule has 0 radical (unpaired) electrons. The van der Waals surface area contributed by atoms with Gasteiger partial charge in [-0.2, -0.15) is 21.6 Å². The van der Waals surface area contributed by atoms with Crippen LogP contribution in [0.3, 0.4) is 0 Å². The molecule has 1 heterocycles. The van der Waals surface area contributed by atoms with E-state index in [1.165, 1.54) is 11.0 Å². The molecule has 3 rings (SSSR count). The fourth-order valence-corrected chi connectivity index (χ4v) is 3.61. The van der Waals surface area contributed by atoms with Crippen molar-refractivity contribution >= 4 is 16.2 Å². The van der Waals surface area contributed by atoms with Crippen molar-refractivity contribution in [1.29, 1.82) is 0 Å². The first-order valence-electron chi connectivity index (χ1n) is 7.86. The normalized spacial score (nSPS) is 22.7. The lowest BCUT2D eigenvalue weighted by molar-refractivity contribution is -0.0523. The highest BCUT2D eigenvalue weighted by atomic mass is 32.2. The third-order valence-corrected chi connectivity index (χ3v) is 5.34. The number of fused-ring (bicyclic) bond motifs is 1. The molecule has 0 spiro atoms. The molecule has 2 unspecified atom stereocenters. The van der Waals surface area contributed by atoms with Gasteiger partial charge >= 0.3 is 21.7 Å². The molecule has 1 aromatic carbocycles. The van der Waals surface area contributed by atoms with Crippen LogP contribution in [0.5, 0.6) is 0 Å². The Balaban J connectivity index is 1.63. The zero-order valence-electron chi connectivity index (χ0n) is 13.5. The maximum atomic E-state index is 12.4. The van der Waals surface area contributed by atoms with Crippen molar-refractivity contribution in [2.24, 2.45) is 5.92 Å². The lowest BCUT2D eigenvalue weighted by atomic mass is 10.0. The highest BCUT2D eigenvalue weighted by Gasteiger charge is 2.50. The minimum atomic E-state index is -5.70. The molecule has 6 nitrogen and oxygen atoms in total. The van der Waals surface area contributed by atoms with Crippen LogP contribution in [0.15, 0.2) is 42.2 Å². The number of alkyl halides is 3. The molecule has 26 heavy (non-hydrogen) atoms. The first-order valence-corrected chi connectivity index (χ1v) is 9.27. The lowest BCUT2D eigenvalue weighted by Crippen LogP contribution is -2.35. The average Bonchev–Trinajstić information content (AvgIpc) is 3.12. The minimum absolute atomic E-state index is 0.0302. The van der Waals surface area contributed by atoms with Crippen molar-refractivity contribution in [3.8, 4) is 0 Å². The molecule has 1 aromatic rings. The van der Waals surface area contributed by atoms with E-state index in [1.54, 1.807) is 24.3 Å². The number of rotatable bonds is 4. The quantitative estimate of drug-likeness (QED) is 0.582. The molecule has 1 aliphatic carbocycles. The number of carbonyl (C=O) groups is 1. The predicted octanol–water partition coefficient (Wildman–Crippen LogP) is 3.17. The number of carbonyl (C=O) groups excluding carboxylic acids is 1. The smallest absolute Gasteiger partial charge is 0.445 e. The topological polar surface area (TPSA) is 72.9 Å². The second kappa shape index (κ2) is 6.82. The summed E-state index contributed by atoms with van der Waals surface area (Å²) < 4.78 is 68.9. The molecule has 1 amide bonds. The zero-order chi connectivity index (χ0) is 18.9. The van der Waals surface area contributed by atoms with Crippen LogP contribution in [0.1, 0.15) is 18.4 Å². The summed E-state index contributed by atoms with van der Waals surface area (Å²) in [4.78, 5) is 13.6. The second-order valence-electron chi connectivity index (χ2n) is 6.09. The van der Waals surface area contributed by atoms with E-state index in [1.807, 2.05) is 6.07 Å². The van der Waals surface area contributed by atoms with Crippen molar-refractivity contribution in [2.45, 2.75) is 31.0 Å². The average molecular weight is 391 g/mol. The number of nitrogens with zero attached hydrogens (tertiary/aromatic N) is 1. The molecule has 0 bridgehead atoms. The van der Waals surface area contributed by atoms with Gasteiger partial charge in [0.15, 0.2) is 0 Å². The molecule has 0 saturated carbocycles. The molecule has 1 aliphatic heterocycles. The highest BCUT2D eigenvalue weighted by molar-refractivity contribution is 7.87. The van der Waals surface area contributed by atoms with Crippen molar-refractivity contribution in [3.63, 3.8) is 0 Å². The van der Waals surface area contributed by atoms with Crippen LogP contribution in [0.4, 0.5) is 18.0 Å². The molecular weight excluding hydrogens is 375 g/mol. The number of hydrogen-bond acceptors (Lipinski definition) is 5. The van der Waals surface area contributed by atoms with Crippen LogP contribution in [0, 0.1) is 5.92 Å². The number of likely N-dealkylation sites (tertiary alicyclic amines) is 1. The van der Waals surface area contributed by atoms with Crippen molar-refractivity contribution < 1.29 is 35.3 Å². The molecule has 2 aliphatic rings. The maximum Gasteiger partial charge on any atom is 0.534 e. The van der Waals surface area contributed by atoms with Crippen molar-refractivity contribution in [3.05, 3.63) is 47.7 Å². The fraction of sp³-hybridized carbons (Fsp3) is 0.438. The fourth-order valence-electron chi connectivity index (χ4n) is 3.11. The Labute approximate surface area is 148 Å². The largest absolute Gasteiger partial charge is 0.534 e. The van der Waals surface area contributed by atoms with E-state index in [0.29, 0.717) is 13.0 Å². The Morgan fingerprint density at radius 3 is 2.58 bits per heavy atom. The molecular formula is C16H16F3NO5S. The van der Waals surface area contributed by atoms with Gasteiger partial charge in [0.1, 0.15) is 12.4 Å². The van der Waals surface area contributed by atoms with Gasteiger partial charge in [-0.3, -0.25) is 0 Å². The first kappa shape index (κ1) is 18.6. The van der Waals surface area contributed by atoms with E-state index < -0.39 is 27.8 Å². The zero-order valence-corrected chi connectivity index (χ0v) is 14.3. The van der Waals surface area contributed by atoms with Crippen LogP contribution in [0.2, 0.25) is 0 Å². The number of hydrogen-bond donors (Lipinski definition) is 0. The summed E-state index contributed by atoms with van der Waals surface area (Å²) >= 11 is 0. The molecule has 1 fully saturated rings. The lowest BCUT2D eigenvalue weighted by Gasteiger charge is -2.21. The van der Waals surface area contributed by atoms with Gasteiger partial charge in [0.25, 0.3) is 0 Å². The van der Waals surface area contributed by atoms with Crippen LogP contribution < -0.4 is 0 Å². The summed E-state index contributed by atoms with van der Waals surface area (Å²) in [5.41, 5.74) is -4.68. The Morgan fingerprint density at radius 1 is 1.23 bits per heavy atom. The first-order chi connectivity index (χ1) is 12.2. The number of allylic oxidation sites excluding steroid dienone is 1. The molecule has 142 valence electrons. The number of benzene rings is 1. The Morgan fingerprint density at radius 2 is 1.92 bits per heavy atom. The van der Waals surface area contributed by atoms with Gasteiger partial charge in [-0.25, -0.2) is 4.79 Å². The summed E-state index contributed by atoms with van der Waals surface area (Å²) in [5.74, 6) is -0.476. The Kier molecular flexibility index (Phi) is 4.87. The van der Waals surface area contributed by atoms with Gasteiger partial charge in [0.2, 0.25) is 0 Å². The molecule has 0 aromatic heterocycles. The van der Waals surface area contributed by atoms with E-state index in [4.69, 9.17) is 4.74 Å². The SMILES string of the molecule is O=C(OCc1ccccc1)N1CCC2CC(OS(=O)(=O)C(F)(F)F)=CC21. The molecule has 0 N–H and O–H groups in total. The summed E-state index contributed by atoms with van der Waals surface area (Å²) in [6, 6.07) is 8.50. The van der Waals surface area contributed by atoms with Crippen LogP contribution in [0.25, 0.3) is 0 Å². The third kappa shape index (κ3) is 3.79. The van der Waals surface area contributed by atoms with E-state index in [0.717, 1.165) is 5.56 Å². The number of halogens is 3. The Bertz CT molecular complexity index is 807. The van der Waals surface area contributed by atoms with Crippen LogP contribution >= 0.6 is 0 Å². The summed E-state index contributed by atoms with van der Waals surface area (Å²) in [6.45, 7) is 0.460. The minimum Gasteiger partial charge on any atom is -0.445 e. The van der Waals surface area contributed by atoms with Gasteiger partial charge in [-0.15, -0.1) is 0 Å². The number of amides is 1. The van der Waals surface area contributed by atoms with Gasteiger partial charge in [-0.1, -0.05) is 30.3 Å². The van der Waals surface area contributed by atoms with Crippen LogP contribution in [-0.2, 0) is 25.6 Å². The standard InChI is InChI=1S/C16H16F3NO5S/c17-16(18,19)26(22,23)25-13-8-12-6-7-20(14(12)9-13)15(21)24-10-11-4-2-1-3-5-11/h1-5,9,12,14H,6-8,10H2. The third-order valence-electron chi connectivity index (χ3n) is 4.34. The second-order valence-corrected chi connectivity index (χ2v) is 7.63. The molecule has 2 atom stereocenters. The predicted molar refractivity (Wildman–Crippen MR) is 84.0 cm³/mol. The van der Waals surface area contributed by atoms with Gasteiger partial charge in [-0.05, 0) is 24.0 Å². The monoisotopic (exact) mass is 391 g/mol. The summed E-state index contributed by atoms with van der Waals surface area (Å²) in [6.07, 6.45) is 1.21. The van der Waals surface area contributed by atoms with E-state index in [-0.39, 0.29) is 24.7 Å². The van der Waals surface area contributed by atoms with Gasteiger partial charge in [0, 0.05) is 13.0 Å². The summed E-state index contributed by atoms with van der Waals surface area (Å²) in [5, 5.41) is 0. The molecule has 10 heteroatoms. The van der Waals surface area contributed by atoms with E-state index in [2.05, 4.69) is 4.18 Å². The van der Waals surface area contributed by atoms with E-state index >= 15 is 0 Å². The van der Waals surface area contributed by atoms with Crippen molar-refractivity contribution in [1.82, 2.24) is 4.90 Å². The summed E-state index contributed by atoms with van der Waals surface area (Å²) in [7, 11) is -5.70. The highest BCUT2D eigenvalue weighted by Crippen LogP contribution is 2.39. The van der Waals surface area contributed by atoms with Crippen LogP contribution in [-0.4, -0.2) is 37.5 Å². The Hall–Kier alpha value is -2.23. The van der Waals surface area contributed by atoms with Crippen molar-refractivity contribution in [2.75, 3.05) is 6.54 Å². The van der Waals surface area contributed by atoms with Gasteiger partial charge < -0.3 is 13.8 Å². The van der Waals surface area contributed by atoms with E-state index in [9.17, 15) is 26.4 Å². The number of ether oxygens (including phenoxy) is 1. The van der Waals surface area contributed by atoms with Gasteiger partial charge in [0.05, 0.1) is 6.04 Å².